The summed E-state index contributed by atoms with van der Waals surface area (Å²) in [5, 5.41) is 0. The van der Waals surface area contributed by atoms with Crippen molar-refractivity contribution in [2.75, 3.05) is 0 Å². The molecule has 1 aliphatic rings. The molecule has 3 heteroatoms. The van der Waals surface area contributed by atoms with Crippen molar-refractivity contribution in [3.05, 3.63) is 36.1 Å². The lowest BCUT2D eigenvalue weighted by atomic mass is 9.84. The minimum atomic E-state index is -0.524. The van der Waals surface area contributed by atoms with Crippen molar-refractivity contribution in [1.82, 2.24) is 0 Å². The highest BCUT2D eigenvalue weighted by molar-refractivity contribution is 5.97. The lowest BCUT2D eigenvalue weighted by Crippen LogP contribution is -2.21. The predicted molar refractivity (Wildman–Crippen MR) is 61.5 cm³/mol. The molecule has 16 heavy (non-hydrogen) atoms. The number of rotatable bonds is 3. The molecule has 0 radical (unpaired) electrons. The Hall–Kier alpha value is -1.64. The van der Waals surface area contributed by atoms with Gasteiger partial charge in [0.2, 0.25) is 0 Å². The topological polar surface area (TPSA) is 43.4 Å². The van der Waals surface area contributed by atoms with Crippen LogP contribution in [0.25, 0.3) is 0 Å². The molecule has 0 heterocycles. The zero-order valence-electron chi connectivity index (χ0n) is 9.71. The van der Waals surface area contributed by atoms with Gasteiger partial charge >= 0.3 is 5.97 Å². The van der Waals surface area contributed by atoms with Crippen LogP contribution in [0.2, 0.25) is 0 Å². The summed E-state index contributed by atoms with van der Waals surface area (Å²) >= 11 is 0. The van der Waals surface area contributed by atoms with Crippen LogP contribution in [0.1, 0.15) is 26.7 Å². The zero-order valence-corrected chi connectivity index (χ0v) is 9.71. The normalized spacial score (nSPS) is 20.6. The molecule has 0 bridgehead atoms. The van der Waals surface area contributed by atoms with E-state index in [0.717, 1.165) is 11.6 Å². The fourth-order valence-electron chi connectivity index (χ4n) is 1.61. The molecule has 0 aliphatic heterocycles. The highest BCUT2D eigenvalue weighted by atomic mass is 16.5. The molecule has 0 fully saturated rings. The van der Waals surface area contributed by atoms with E-state index in [0.29, 0.717) is 24.2 Å². The Kier molecular flexibility index (Phi) is 3.82. The molecular formula is C13H16O3. The molecule has 0 saturated carbocycles. The molecule has 1 rings (SSSR count). The lowest BCUT2D eigenvalue weighted by Gasteiger charge is -2.24. The molecule has 0 N–H and O–H groups in total. The van der Waals surface area contributed by atoms with Gasteiger partial charge in [-0.15, -0.1) is 0 Å². The van der Waals surface area contributed by atoms with Crippen molar-refractivity contribution < 1.29 is 14.3 Å². The summed E-state index contributed by atoms with van der Waals surface area (Å²) in [6.07, 6.45) is 2.11. The van der Waals surface area contributed by atoms with Gasteiger partial charge in [-0.05, 0) is 19.8 Å². The number of allylic oxidation sites excluding steroid dienone is 3. The number of hydrogen-bond acceptors (Lipinski definition) is 3. The number of carbonyl (C=O) groups excluding carboxylic acids is 2. The van der Waals surface area contributed by atoms with Crippen molar-refractivity contribution in [3.8, 4) is 0 Å². The van der Waals surface area contributed by atoms with Gasteiger partial charge in [0, 0.05) is 24.5 Å². The second-order valence-electron chi connectivity index (χ2n) is 4.05. The van der Waals surface area contributed by atoms with Crippen LogP contribution >= 0.6 is 0 Å². The van der Waals surface area contributed by atoms with E-state index in [1.807, 2.05) is 6.92 Å². The van der Waals surface area contributed by atoms with Crippen LogP contribution in [-0.2, 0) is 14.3 Å². The van der Waals surface area contributed by atoms with Gasteiger partial charge in [-0.25, -0.2) is 4.79 Å². The second-order valence-corrected chi connectivity index (χ2v) is 4.05. The van der Waals surface area contributed by atoms with E-state index in [2.05, 4.69) is 13.2 Å². The van der Waals surface area contributed by atoms with Crippen LogP contribution in [0.5, 0.6) is 0 Å². The molecule has 0 aromatic heterocycles. The smallest absolute Gasteiger partial charge is 0.335 e. The third-order valence-electron chi connectivity index (χ3n) is 2.79. The van der Waals surface area contributed by atoms with Crippen LogP contribution in [0.4, 0.5) is 0 Å². The summed E-state index contributed by atoms with van der Waals surface area (Å²) in [5.41, 5.74) is 1.47. The minimum Gasteiger partial charge on any atom is -0.427 e. The van der Waals surface area contributed by atoms with Gasteiger partial charge in [-0.2, -0.15) is 0 Å². The molecule has 0 saturated heterocycles. The fourth-order valence-corrected chi connectivity index (χ4v) is 1.61. The van der Waals surface area contributed by atoms with Crippen molar-refractivity contribution in [2.45, 2.75) is 26.7 Å². The molecule has 0 aromatic carbocycles. The van der Waals surface area contributed by atoms with E-state index in [1.165, 1.54) is 0 Å². The van der Waals surface area contributed by atoms with Gasteiger partial charge < -0.3 is 4.74 Å². The Morgan fingerprint density at radius 3 is 2.62 bits per heavy atom. The van der Waals surface area contributed by atoms with Crippen LogP contribution in [0, 0.1) is 5.92 Å². The number of ketones is 1. The van der Waals surface area contributed by atoms with Crippen LogP contribution in [0.15, 0.2) is 36.1 Å². The number of ether oxygens (including phenoxy) is 1. The maximum absolute atomic E-state index is 11.7. The van der Waals surface area contributed by atoms with E-state index in [1.54, 1.807) is 6.92 Å². The summed E-state index contributed by atoms with van der Waals surface area (Å²) < 4.78 is 5.06. The third-order valence-corrected chi connectivity index (χ3v) is 2.79. The third kappa shape index (κ3) is 2.69. The van der Waals surface area contributed by atoms with Gasteiger partial charge in [0.1, 0.15) is 5.76 Å². The van der Waals surface area contributed by atoms with E-state index in [9.17, 15) is 9.59 Å². The van der Waals surface area contributed by atoms with E-state index >= 15 is 0 Å². The van der Waals surface area contributed by atoms with Crippen LogP contribution in [-0.4, -0.2) is 11.8 Å². The summed E-state index contributed by atoms with van der Waals surface area (Å²) in [7, 11) is 0. The minimum absolute atomic E-state index is 0.0195. The Morgan fingerprint density at radius 2 is 2.12 bits per heavy atom. The van der Waals surface area contributed by atoms with Crippen molar-refractivity contribution >= 4 is 11.8 Å². The van der Waals surface area contributed by atoms with Crippen molar-refractivity contribution in [2.24, 2.45) is 5.92 Å². The monoisotopic (exact) mass is 220 g/mol. The van der Waals surface area contributed by atoms with Gasteiger partial charge in [0.05, 0.1) is 0 Å². The summed E-state index contributed by atoms with van der Waals surface area (Å²) in [4.78, 5) is 22.8. The van der Waals surface area contributed by atoms with E-state index in [4.69, 9.17) is 4.74 Å². The first-order valence-electron chi connectivity index (χ1n) is 5.18. The SMILES string of the molecule is C=CC(=O)OC1=C(C)C(=O)CC(C(=C)C)C1. The molecule has 0 aromatic rings. The Bertz CT molecular complexity index is 388. The first-order valence-corrected chi connectivity index (χ1v) is 5.18. The first kappa shape index (κ1) is 12.4. The molecule has 3 nitrogen and oxygen atoms in total. The second kappa shape index (κ2) is 4.92. The number of carbonyl (C=O) groups is 2. The standard InChI is InChI=1S/C13H16O3/c1-5-13(15)16-12-7-10(8(2)3)6-11(14)9(12)4/h5,10H,1-2,6-7H2,3-4H3. The number of Topliss-reactive ketones (excluding diaryl/α,β-unsaturated/α-hetero) is 1. The zero-order chi connectivity index (χ0) is 12.3. The number of esters is 1. The predicted octanol–water partition coefficient (Wildman–Crippen LogP) is 2.54. The molecule has 0 spiro atoms. The molecule has 0 amide bonds. The van der Waals surface area contributed by atoms with Gasteiger partial charge in [-0.3, -0.25) is 4.79 Å². The molecule has 1 unspecified atom stereocenters. The summed E-state index contributed by atoms with van der Waals surface area (Å²) in [6.45, 7) is 10.7. The lowest BCUT2D eigenvalue weighted by molar-refractivity contribution is -0.134. The molecule has 1 aliphatic carbocycles. The maximum atomic E-state index is 11.7. The quantitative estimate of drug-likeness (QED) is 0.417. The van der Waals surface area contributed by atoms with E-state index < -0.39 is 5.97 Å². The largest absolute Gasteiger partial charge is 0.427 e. The van der Waals surface area contributed by atoms with Crippen LogP contribution in [0.3, 0.4) is 0 Å². The average Bonchev–Trinajstić information content (AvgIpc) is 2.23. The highest BCUT2D eigenvalue weighted by Crippen LogP contribution is 2.31. The van der Waals surface area contributed by atoms with Gasteiger partial charge in [-0.1, -0.05) is 18.7 Å². The molecular weight excluding hydrogens is 204 g/mol. The van der Waals surface area contributed by atoms with Gasteiger partial charge in [0.25, 0.3) is 0 Å². The average molecular weight is 220 g/mol. The molecule has 86 valence electrons. The maximum Gasteiger partial charge on any atom is 0.335 e. The van der Waals surface area contributed by atoms with Crippen LogP contribution < -0.4 is 0 Å². The Labute approximate surface area is 95.5 Å². The summed E-state index contributed by atoms with van der Waals surface area (Å²) in [6, 6.07) is 0. The first-order chi connectivity index (χ1) is 7.45. The fraction of sp³-hybridized carbons (Fsp3) is 0.385. The number of hydrogen-bond donors (Lipinski definition) is 0. The van der Waals surface area contributed by atoms with E-state index in [-0.39, 0.29) is 11.7 Å². The Morgan fingerprint density at radius 1 is 1.50 bits per heavy atom. The highest BCUT2D eigenvalue weighted by Gasteiger charge is 2.27. The molecule has 1 atom stereocenters. The Balaban J connectivity index is 2.91. The summed E-state index contributed by atoms with van der Waals surface area (Å²) in [5.74, 6) is 0.0218. The van der Waals surface area contributed by atoms with Crippen molar-refractivity contribution in [1.29, 1.82) is 0 Å². The van der Waals surface area contributed by atoms with Gasteiger partial charge in [0.15, 0.2) is 5.78 Å². The van der Waals surface area contributed by atoms with Crippen molar-refractivity contribution in [3.63, 3.8) is 0 Å².